The van der Waals surface area contributed by atoms with E-state index in [1.54, 1.807) is 0 Å². The fraction of sp³-hybridized carbons (Fsp3) is 0.364. The number of nitrogen functional groups attached to an aromatic ring is 1. The molecule has 7 heteroatoms. The van der Waals surface area contributed by atoms with Gasteiger partial charge in [-0.25, -0.2) is 4.98 Å². The molecule has 0 aliphatic rings. The van der Waals surface area contributed by atoms with Crippen LogP contribution in [0.25, 0.3) is 10.2 Å². The molecule has 0 saturated heterocycles. The molecule has 0 unspecified atom stereocenters. The van der Waals surface area contributed by atoms with Crippen LogP contribution in [-0.4, -0.2) is 11.6 Å². The first-order valence-electron chi connectivity index (χ1n) is 5.32. The number of halogens is 3. The van der Waals surface area contributed by atoms with Crippen molar-refractivity contribution in [3.63, 3.8) is 0 Å². The Morgan fingerprint density at radius 2 is 2.11 bits per heavy atom. The first-order chi connectivity index (χ1) is 8.43. The van der Waals surface area contributed by atoms with Gasteiger partial charge < -0.3 is 10.5 Å². The monoisotopic (exact) mass is 276 g/mol. The third-order valence-electron chi connectivity index (χ3n) is 2.29. The Morgan fingerprint density at radius 1 is 1.39 bits per heavy atom. The molecular formula is C11H11F3N2OS. The fourth-order valence-corrected chi connectivity index (χ4v) is 2.38. The van der Waals surface area contributed by atoms with Crippen LogP contribution in [0.2, 0.25) is 0 Å². The fourth-order valence-electron chi connectivity index (χ4n) is 1.55. The van der Waals surface area contributed by atoms with E-state index in [1.165, 1.54) is 6.07 Å². The Balaban J connectivity index is 2.58. The lowest BCUT2D eigenvalue weighted by atomic mass is 10.2. The smallest absolute Gasteiger partial charge is 0.418 e. The molecule has 18 heavy (non-hydrogen) atoms. The van der Waals surface area contributed by atoms with Crippen molar-refractivity contribution in [2.75, 3.05) is 12.3 Å². The summed E-state index contributed by atoms with van der Waals surface area (Å²) in [4.78, 5) is 3.74. The Labute approximate surface area is 105 Å². The molecule has 1 aromatic heterocycles. The van der Waals surface area contributed by atoms with Crippen LogP contribution < -0.4 is 10.5 Å². The van der Waals surface area contributed by atoms with E-state index in [9.17, 15) is 13.2 Å². The van der Waals surface area contributed by atoms with Crippen molar-refractivity contribution < 1.29 is 17.9 Å². The summed E-state index contributed by atoms with van der Waals surface area (Å²) in [6.07, 6.45) is -3.67. The van der Waals surface area contributed by atoms with Crippen molar-refractivity contribution in [1.29, 1.82) is 0 Å². The van der Waals surface area contributed by atoms with Gasteiger partial charge in [-0.1, -0.05) is 18.3 Å². The van der Waals surface area contributed by atoms with E-state index in [2.05, 4.69) is 4.98 Å². The van der Waals surface area contributed by atoms with Crippen molar-refractivity contribution in [2.45, 2.75) is 19.5 Å². The van der Waals surface area contributed by atoms with Crippen LogP contribution in [-0.2, 0) is 6.18 Å². The molecular weight excluding hydrogens is 265 g/mol. The zero-order valence-corrected chi connectivity index (χ0v) is 10.4. The maximum atomic E-state index is 12.8. The predicted octanol–water partition coefficient (Wildman–Crippen LogP) is 3.69. The number of fused-ring (bicyclic) bond motifs is 1. The summed E-state index contributed by atoms with van der Waals surface area (Å²) in [5.41, 5.74) is 4.56. The van der Waals surface area contributed by atoms with Gasteiger partial charge in [0.05, 0.1) is 22.4 Å². The number of benzene rings is 1. The van der Waals surface area contributed by atoms with E-state index in [4.69, 9.17) is 10.5 Å². The van der Waals surface area contributed by atoms with Crippen LogP contribution >= 0.6 is 11.3 Å². The average Bonchev–Trinajstić information content (AvgIpc) is 2.65. The van der Waals surface area contributed by atoms with Gasteiger partial charge in [0.1, 0.15) is 5.75 Å². The Kier molecular flexibility index (Phi) is 3.34. The number of thiazole rings is 1. The zero-order chi connectivity index (χ0) is 13.3. The van der Waals surface area contributed by atoms with Gasteiger partial charge in [-0.2, -0.15) is 13.2 Å². The van der Waals surface area contributed by atoms with Crippen molar-refractivity contribution in [3.8, 4) is 5.75 Å². The highest BCUT2D eigenvalue weighted by molar-refractivity contribution is 7.22. The molecule has 0 aliphatic heterocycles. The van der Waals surface area contributed by atoms with Gasteiger partial charge >= 0.3 is 6.18 Å². The zero-order valence-electron chi connectivity index (χ0n) is 9.54. The molecule has 1 heterocycles. The number of aromatic nitrogens is 1. The number of ether oxygens (including phenoxy) is 1. The van der Waals surface area contributed by atoms with Crippen LogP contribution in [0, 0.1) is 0 Å². The van der Waals surface area contributed by atoms with Gasteiger partial charge in [0.2, 0.25) is 0 Å². The Bertz CT molecular complexity index is 565. The summed E-state index contributed by atoms with van der Waals surface area (Å²) in [6, 6.07) is 2.30. The Hall–Kier alpha value is -1.50. The molecule has 1 aromatic carbocycles. The van der Waals surface area contributed by atoms with Gasteiger partial charge in [-0.3, -0.25) is 0 Å². The number of rotatable bonds is 3. The average molecular weight is 276 g/mol. The van der Waals surface area contributed by atoms with E-state index in [0.717, 1.165) is 23.8 Å². The second-order valence-electron chi connectivity index (χ2n) is 3.69. The normalized spacial score (nSPS) is 12.0. The second kappa shape index (κ2) is 4.64. The molecule has 0 spiro atoms. The largest absolute Gasteiger partial charge is 0.492 e. The summed E-state index contributed by atoms with van der Waals surface area (Å²) >= 11 is 1.00. The van der Waals surface area contributed by atoms with Gasteiger partial charge in [-0.15, -0.1) is 0 Å². The SMILES string of the molecule is CCCOc1ccc(C(F)(F)F)c2nc(N)sc12. The van der Waals surface area contributed by atoms with Crippen LogP contribution in [0.1, 0.15) is 18.9 Å². The first kappa shape index (κ1) is 12.9. The summed E-state index contributed by atoms with van der Waals surface area (Å²) in [5, 5.41) is 0.100. The van der Waals surface area contributed by atoms with Crippen LogP contribution in [0.15, 0.2) is 12.1 Å². The minimum absolute atomic E-state index is 0.100. The minimum Gasteiger partial charge on any atom is -0.492 e. The third-order valence-corrected chi connectivity index (χ3v) is 3.19. The van der Waals surface area contributed by atoms with Crippen molar-refractivity contribution in [1.82, 2.24) is 4.98 Å². The number of hydrogen-bond donors (Lipinski definition) is 1. The highest BCUT2D eigenvalue weighted by Crippen LogP contribution is 2.41. The van der Waals surface area contributed by atoms with E-state index >= 15 is 0 Å². The number of anilines is 1. The Morgan fingerprint density at radius 3 is 2.72 bits per heavy atom. The van der Waals surface area contributed by atoms with Gasteiger partial charge in [0.25, 0.3) is 0 Å². The summed E-state index contributed by atoms with van der Waals surface area (Å²) < 4.78 is 44.1. The van der Waals surface area contributed by atoms with Crippen molar-refractivity contribution >= 4 is 26.7 Å². The topological polar surface area (TPSA) is 48.1 Å². The number of nitrogens with two attached hydrogens (primary N) is 1. The molecule has 2 rings (SSSR count). The molecule has 0 aliphatic carbocycles. The highest BCUT2D eigenvalue weighted by atomic mass is 32.1. The van der Waals surface area contributed by atoms with E-state index < -0.39 is 11.7 Å². The van der Waals surface area contributed by atoms with Crippen molar-refractivity contribution in [2.24, 2.45) is 0 Å². The number of alkyl halides is 3. The molecule has 3 nitrogen and oxygen atoms in total. The summed E-state index contributed by atoms with van der Waals surface area (Å²) in [7, 11) is 0. The highest BCUT2D eigenvalue weighted by Gasteiger charge is 2.34. The molecule has 2 N–H and O–H groups in total. The molecule has 0 saturated carbocycles. The standard InChI is InChI=1S/C11H11F3N2OS/c1-2-5-17-7-4-3-6(11(12,13)14)8-9(7)18-10(15)16-8/h3-4H,2,5H2,1H3,(H2,15,16). The van der Waals surface area contributed by atoms with Crippen LogP contribution in [0.5, 0.6) is 5.75 Å². The summed E-state index contributed by atoms with van der Waals surface area (Å²) in [5.74, 6) is 0.397. The first-order valence-corrected chi connectivity index (χ1v) is 6.14. The molecule has 0 bridgehead atoms. The molecule has 0 fully saturated rings. The van der Waals surface area contributed by atoms with E-state index in [-0.39, 0.29) is 10.6 Å². The number of nitrogens with zero attached hydrogens (tertiary/aromatic N) is 1. The van der Waals surface area contributed by atoms with Crippen molar-refractivity contribution in [3.05, 3.63) is 17.7 Å². The van der Waals surface area contributed by atoms with Gasteiger partial charge in [0.15, 0.2) is 5.13 Å². The summed E-state index contributed by atoms with van der Waals surface area (Å²) in [6.45, 7) is 2.36. The lowest BCUT2D eigenvalue weighted by Crippen LogP contribution is -2.06. The molecule has 2 aromatic rings. The maximum Gasteiger partial charge on any atom is 0.418 e. The van der Waals surface area contributed by atoms with Gasteiger partial charge in [0, 0.05) is 0 Å². The maximum absolute atomic E-state index is 12.8. The lowest BCUT2D eigenvalue weighted by Gasteiger charge is -2.10. The predicted molar refractivity (Wildman–Crippen MR) is 64.8 cm³/mol. The number of hydrogen-bond acceptors (Lipinski definition) is 4. The molecule has 98 valence electrons. The second-order valence-corrected chi connectivity index (χ2v) is 4.72. The molecule has 0 radical (unpaired) electrons. The van der Waals surface area contributed by atoms with E-state index in [0.29, 0.717) is 17.1 Å². The van der Waals surface area contributed by atoms with Crippen LogP contribution in [0.3, 0.4) is 0 Å². The third kappa shape index (κ3) is 2.35. The van der Waals surface area contributed by atoms with Crippen LogP contribution in [0.4, 0.5) is 18.3 Å². The molecule has 0 atom stereocenters. The lowest BCUT2D eigenvalue weighted by molar-refractivity contribution is -0.136. The minimum atomic E-state index is -4.44. The molecule has 0 amide bonds. The quantitative estimate of drug-likeness (QED) is 0.930. The van der Waals surface area contributed by atoms with Gasteiger partial charge in [-0.05, 0) is 18.6 Å². The van der Waals surface area contributed by atoms with E-state index in [1.807, 2.05) is 6.92 Å².